The molecule has 31 heavy (non-hydrogen) atoms. The summed E-state index contributed by atoms with van der Waals surface area (Å²) in [7, 11) is 0. The third-order valence-corrected chi connectivity index (χ3v) is 5.16. The summed E-state index contributed by atoms with van der Waals surface area (Å²) in [6.07, 6.45) is 4.33. The number of amides is 1. The van der Waals surface area contributed by atoms with Crippen LogP contribution in [0.4, 0.5) is 0 Å². The molecule has 0 aliphatic heterocycles. The van der Waals surface area contributed by atoms with Crippen LogP contribution in [0, 0.1) is 6.92 Å². The van der Waals surface area contributed by atoms with E-state index in [0.717, 1.165) is 11.3 Å². The summed E-state index contributed by atoms with van der Waals surface area (Å²) in [5, 5.41) is 0. The van der Waals surface area contributed by atoms with Crippen LogP contribution in [-0.4, -0.2) is 38.3 Å². The molecule has 0 aliphatic rings. The predicted molar refractivity (Wildman–Crippen MR) is 120 cm³/mol. The molecule has 0 saturated heterocycles. The Morgan fingerprint density at radius 2 is 1.87 bits per heavy atom. The van der Waals surface area contributed by atoms with Crippen LogP contribution in [0.15, 0.2) is 73.1 Å². The number of rotatable bonds is 8. The Kier molecular flexibility index (Phi) is 6.26. The van der Waals surface area contributed by atoms with Crippen molar-refractivity contribution >= 4 is 11.6 Å². The highest BCUT2D eigenvalue weighted by Crippen LogP contribution is 2.23. The zero-order chi connectivity index (χ0) is 21.6. The van der Waals surface area contributed by atoms with Crippen LogP contribution in [0.25, 0.3) is 5.65 Å². The maximum Gasteiger partial charge on any atom is 0.273 e. The van der Waals surface area contributed by atoms with Gasteiger partial charge in [0.2, 0.25) is 0 Å². The molecule has 0 spiro atoms. The Bertz CT molecular complexity index is 1160. The fourth-order valence-corrected chi connectivity index (χ4v) is 3.68. The molecular weight excluding hydrogens is 388 g/mol. The van der Waals surface area contributed by atoms with E-state index in [4.69, 9.17) is 4.74 Å². The summed E-state index contributed by atoms with van der Waals surface area (Å²) >= 11 is 0. The quantitative estimate of drug-likeness (QED) is 0.431. The number of fused-ring (bicyclic) bond motifs is 1. The van der Waals surface area contributed by atoms with Gasteiger partial charge in [0.05, 0.1) is 12.3 Å². The van der Waals surface area contributed by atoms with Crippen LogP contribution in [0.5, 0.6) is 5.75 Å². The topological polar surface area (TPSA) is 59.7 Å². The van der Waals surface area contributed by atoms with Crippen molar-refractivity contribution in [3.63, 3.8) is 0 Å². The molecule has 0 saturated carbocycles. The van der Waals surface area contributed by atoms with E-state index in [-0.39, 0.29) is 5.91 Å². The summed E-state index contributed by atoms with van der Waals surface area (Å²) in [6, 6.07) is 19.6. The third kappa shape index (κ3) is 4.58. The first-order valence-corrected chi connectivity index (χ1v) is 10.5. The zero-order valence-corrected chi connectivity index (χ0v) is 17.9. The lowest BCUT2D eigenvalue weighted by atomic mass is 10.1. The second-order valence-corrected chi connectivity index (χ2v) is 7.33. The summed E-state index contributed by atoms with van der Waals surface area (Å²) in [4.78, 5) is 24.7. The van der Waals surface area contributed by atoms with Gasteiger partial charge in [-0.05, 0) is 43.7 Å². The van der Waals surface area contributed by atoms with E-state index in [1.165, 1.54) is 0 Å². The lowest BCUT2D eigenvalue weighted by molar-refractivity contribution is 0.0737. The van der Waals surface area contributed by atoms with Gasteiger partial charge in [0.15, 0.2) is 11.4 Å². The number of aryl methyl sites for hydroxylation is 1. The van der Waals surface area contributed by atoms with E-state index < -0.39 is 0 Å². The molecule has 0 aliphatic carbocycles. The monoisotopic (exact) mass is 414 g/mol. The molecule has 0 radical (unpaired) electrons. The van der Waals surface area contributed by atoms with Crippen molar-refractivity contribution < 1.29 is 9.53 Å². The van der Waals surface area contributed by atoms with Crippen molar-refractivity contribution in [1.29, 1.82) is 0 Å². The Morgan fingerprint density at radius 3 is 2.61 bits per heavy atom. The summed E-state index contributed by atoms with van der Waals surface area (Å²) in [6.45, 7) is 5.42. The molecule has 0 atom stereocenters. The number of aromatic nitrogens is 3. The highest BCUT2D eigenvalue weighted by molar-refractivity contribution is 5.95. The van der Waals surface area contributed by atoms with Gasteiger partial charge in [0.25, 0.3) is 5.91 Å². The Labute approximate surface area is 182 Å². The highest BCUT2D eigenvalue weighted by Gasteiger charge is 2.24. The third-order valence-electron chi connectivity index (χ3n) is 5.16. The fourth-order valence-electron chi connectivity index (χ4n) is 3.68. The first-order valence-electron chi connectivity index (χ1n) is 10.5. The van der Waals surface area contributed by atoms with Gasteiger partial charge in [-0.1, -0.05) is 36.4 Å². The van der Waals surface area contributed by atoms with E-state index >= 15 is 0 Å². The molecule has 6 heteroatoms. The predicted octanol–water partition coefficient (Wildman–Crippen LogP) is 4.32. The van der Waals surface area contributed by atoms with Crippen molar-refractivity contribution in [1.82, 2.24) is 19.3 Å². The van der Waals surface area contributed by atoms with E-state index in [2.05, 4.69) is 9.97 Å². The van der Waals surface area contributed by atoms with E-state index in [9.17, 15) is 4.79 Å². The van der Waals surface area contributed by atoms with Crippen molar-refractivity contribution in [2.24, 2.45) is 0 Å². The SMILES string of the molecule is CCOc1cccn2c(C(=O)N(CCc3ccccn3)Cc3ccccc3)c(C)nc12. The molecule has 3 heterocycles. The number of carbonyl (C=O) groups is 1. The van der Waals surface area contributed by atoms with Gasteiger partial charge in [0, 0.05) is 37.6 Å². The maximum atomic E-state index is 13.7. The normalized spacial score (nSPS) is 10.9. The van der Waals surface area contributed by atoms with Crippen molar-refractivity contribution in [2.75, 3.05) is 13.2 Å². The number of hydrogen-bond donors (Lipinski definition) is 0. The standard InChI is InChI=1S/C25H26N4O2/c1-3-31-22-13-9-16-29-23(19(2)27-24(22)29)25(30)28(18-20-10-5-4-6-11-20)17-14-21-12-7-8-15-26-21/h4-13,15-16H,3,14,17-18H2,1-2H3. The molecular formula is C25H26N4O2. The number of nitrogens with zero attached hydrogens (tertiary/aromatic N) is 4. The Morgan fingerprint density at radius 1 is 1.06 bits per heavy atom. The molecule has 0 N–H and O–H groups in total. The van der Waals surface area contributed by atoms with E-state index in [0.29, 0.717) is 48.9 Å². The van der Waals surface area contributed by atoms with Crippen LogP contribution in [0.3, 0.4) is 0 Å². The van der Waals surface area contributed by atoms with Crippen LogP contribution in [0.2, 0.25) is 0 Å². The average Bonchev–Trinajstić information content (AvgIpc) is 3.14. The molecule has 0 fully saturated rings. The lowest BCUT2D eigenvalue weighted by Gasteiger charge is -2.23. The number of imidazole rings is 1. The van der Waals surface area contributed by atoms with E-state index in [1.807, 2.05) is 90.0 Å². The Hall–Kier alpha value is -3.67. The van der Waals surface area contributed by atoms with Gasteiger partial charge in [-0.25, -0.2) is 4.98 Å². The molecule has 0 bridgehead atoms. The number of hydrogen-bond acceptors (Lipinski definition) is 4. The molecule has 3 aromatic heterocycles. The number of ether oxygens (including phenoxy) is 1. The van der Waals surface area contributed by atoms with Gasteiger partial charge in [-0.2, -0.15) is 0 Å². The minimum absolute atomic E-state index is 0.0570. The highest BCUT2D eigenvalue weighted by atomic mass is 16.5. The first kappa shape index (κ1) is 20.6. The number of benzene rings is 1. The van der Waals surface area contributed by atoms with Crippen LogP contribution in [-0.2, 0) is 13.0 Å². The summed E-state index contributed by atoms with van der Waals surface area (Å²) in [5.41, 5.74) is 3.95. The minimum Gasteiger partial charge on any atom is -0.490 e. The van der Waals surface area contributed by atoms with E-state index in [1.54, 1.807) is 6.20 Å². The first-order chi connectivity index (χ1) is 15.2. The summed E-state index contributed by atoms with van der Waals surface area (Å²) in [5.74, 6) is 0.619. The van der Waals surface area contributed by atoms with Crippen LogP contribution in [0.1, 0.15) is 34.4 Å². The maximum absolute atomic E-state index is 13.7. The van der Waals surface area contributed by atoms with Gasteiger partial charge in [0.1, 0.15) is 5.69 Å². The second-order valence-electron chi connectivity index (χ2n) is 7.33. The second kappa shape index (κ2) is 9.43. The zero-order valence-electron chi connectivity index (χ0n) is 17.9. The molecule has 158 valence electrons. The lowest BCUT2D eigenvalue weighted by Crippen LogP contribution is -2.34. The van der Waals surface area contributed by atoms with Crippen LogP contribution >= 0.6 is 0 Å². The van der Waals surface area contributed by atoms with Crippen molar-refractivity contribution in [2.45, 2.75) is 26.8 Å². The number of carbonyl (C=O) groups excluding carboxylic acids is 1. The fraction of sp³-hybridized carbons (Fsp3) is 0.240. The summed E-state index contributed by atoms with van der Waals surface area (Å²) < 4.78 is 7.55. The van der Waals surface area contributed by atoms with Gasteiger partial charge >= 0.3 is 0 Å². The largest absolute Gasteiger partial charge is 0.490 e. The Balaban J connectivity index is 1.68. The van der Waals surface area contributed by atoms with Crippen LogP contribution < -0.4 is 4.74 Å². The molecule has 6 nitrogen and oxygen atoms in total. The van der Waals surface area contributed by atoms with Gasteiger partial charge < -0.3 is 9.64 Å². The molecule has 4 rings (SSSR count). The van der Waals surface area contributed by atoms with Gasteiger partial charge in [-0.3, -0.25) is 14.2 Å². The molecule has 4 aromatic rings. The smallest absolute Gasteiger partial charge is 0.273 e. The number of pyridine rings is 2. The molecule has 1 aromatic carbocycles. The average molecular weight is 415 g/mol. The molecule has 1 amide bonds. The van der Waals surface area contributed by atoms with Crippen molar-refractivity contribution in [3.8, 4) is 5.75 Å². The van der Waals surface area contributed by atoms with Crippen molar-refractivity contribution in [3.05, 3.63) is 95.7 Å². The minimum atomic E-state index is -0.0570. The molecule has 0 unspecified atom stereocenters. The van der Waals surface area contributed by atoms with Gasteiger partial charge in [-0.15, -0.1) is 0 Å².